The van der Waals surface area contributed by atoms with Crippen LogP contribution in [0.3, 0.4) is 0 Å². The van der Waals surface area contributed by atoms with Crippen molar-refractivity contribution in [3.05, 3.63) is 42.0 Å². The summed E-state index contributed by atoms with van der Waals surface area (Å²) in [4.78, 5) is 53.5. The van der Waals surface area contributed by atoms with E-state index >= 15 is 0 Å². The SMILES string of the molecule is CN1C(=O)C(=C[C@H]2C(=O)NC(=S)N(c3ccccc3)C2=O)C(=O)N(C)C1=S. The third-order valence-electron chi connectivity index (χ3n) is 4.19. The van der Waals surface area contributed by atoms with Crippen molar-refractivity contribution in [3.63, 3.8) is 0 Å². The van der Waals surface area contributed by atoms with Gasteiger partial charge in [0.05, 0.1) is 5.69 Å². The highest BCUT2D eigenvalue weighted by molar-refractivity contribution is 7.80. The lowest BCUT2D eigenvalue weighted by Gasteiger charge is -2.34. The van der Waals surface area contributed by atoms with E-state index in [1.807, 2.05) is 0 Å². The molecule has 1 aromatic carbocycles. The van der Waals surface area contributed by atoms with Gasteiger partial charge in [0.25, 0.3) is 11.8 Å². The van der Waals surface area contributed by atoms with Crippen LogP contribution in [-0.4, -0.2) is 57.7 Å². The van der Waals surface area contributed by atoms with Gasteiger partial charge in [0, 0.05) is 14.1 Å². The Balaban J connectivity index is 2.01. The fourth-order valence-electron chi connectivity index (χ4n) is 2.72. The molecule has 4 amide bonds. The highest BCUT2D eigenvalue weighted by Crippen LogP contribution is 2.24. The van der Waals surface area contributed by atoms with Gasteiger partial charge in [0.2, 0.25) is 11.8 Å². The number of carbonyl (C=O) groups is 4. The van der Waals surface area contributed by atoms with Crippen LogP contribution in [0.4, 0.5) is 5.69 Å². The molecule has 0 bridgehead atoms. The zero-order valence-electron chi connectivity index (χ0n) is 14.3. The summed E-state index contributed by atoms with van der Waals surface area (Å²) < 4.78 is 0. The second kappa shape index (κ2) is 6.97. The Hall–Kier alpha value is -2.98. The second-order valence-electron chi connectivity index (χ2n) is 5.87. The number of hydrogen-bond acceptors (Lipinski definition) is 6. The van der Waals surface area contributed by atoms with Crippen molar-refractivity contribution >= 4 is 64.0 Å². The molecule has 10 heteroatoms. The predicted molar refractivity (Wildman–Crippen MR) is 104 cm³/mol. The third-order valence-corrected chi connectivity index (χ3v) is 5.03. The van der Waals surface area contributed by atoms with Crippen LogP contribution in [0.1, 0.15) is 0 Å². The molecule has 2 heterocycles. The van der Waals surface area contributed by atoms with Crippen LogP contribution < -0.4 is 10.2 Å². The lowest BCUT2D eigenvalue weighted by molar-refractivity contribution is -0.132. The molecule has 2 saturated heterocycles. The Morgan fingerprint density at radius 2 is 1.52 bits per heavy atom. The molecule has 2 fully saturated rings. The first-order valence-corrected chi connectivity index (χ1v) is 8.61. The van der Waals surface area contributed by atoms with Crippen LogP contribution in [0.2, 0.25) is 0 Å². The number of anilines is 1. The van der Waals surface area contributed by atoms with Crippen molar-refractivity contribution in [1.29, 1.82) is 0 Å². The van der Waals surface area contributed by atoms with Gasteiger partial charge in [0.1, 0.15) is 11.5 Å². The minimum atomic E-state index is -1.38. The zero-order chi connectivity index (χ0) is 19.9. The van der Waals surface area contributed by atoms with Gasteiger partial charge in [-0.1, -0.05) is 18.2 Å². The van der Waals surface area contributed by atoms with E-state index in [2.05, 4.69) is 5.32 Å². The number of carbonyl (C=O) groups excluding carboxylic acids is 4. The Bertz CT molecular complexity index is 902. The summed E-state index contributed by atoms with van der Waals surface area (Å²) in [5, 5.41) is 2.40. The van der Waals surface area contributed by atoms with Gasteiger partial charge in [0.15, 0.2) is 10.2 Å². The van der Waals surface area contributed by atoms with E-state index in [-0.39, 0.29) is 15.8 Å². The molecule has 0 aromatic heterocycles. The molecule has 2 aliphatic heterocycles. The van der Waals surface area contributed by atoms with E-state index in [0.29, 0.717) is 5.69 Å². The summed E-state index contributed by atoms with van der Waals surface area (Å²) in [5.74, 6) is -4.09. The van der Waals surface area contributed by atoms with Gasteiger partial charge in [-0.3, -0.25) is 33.9 Å². The summed E-state index contributed by atoms with van der Waals surface area (Å²) in [6.45, 7) is 0. The number of para-hydroxylation sites is 1. The second-order valence-corrected chi connectivity index (χ2v) is 6.62. The average molecular weight is 402 g/mol. The predicted octanol–water partition coefficient (Wildman–Crippen LogP) is 0.192. The maximum Gasteiger partial charge on any atom is 0.265 e. The van der Waals surface area contributed by atoms with Crippen molar-refractivity contribution in [2.75, 3.05) is 19.0 Å². The summed E-state index contributed by atoms with van der Waals surface area (Å²) in [5.41, 5.74) is 0.163. The number of thiocarbonyl (C=S) groups is 2. The smallest absolute Gasteiger partial charge is 0.265 e. The topological polar surface area (TPSA) is 90.0 Å². The third kappa shape index (κ3) is 3.13. The summed E-state index contributed by atoms with van der Waals surface area (Å²) in [6.07, 6.45) is 1.06. The summed E-state index contributed by atoms with van der Waals surface area (Å²) in [6, 6.07) is 8.51. The molecule has 0 saturated carbocycles. The van der Waals surface area contributed by atoms with Crippen LogP contribution in [0.25, 0.3) is 0 Å². The molecule has 27 heavy (non-hydrogen) atoms. The molecule has 8 nitrogen and oxygen atoms in total. The van der Waals surface area contributed by atoms with E-state index in [1.165, 1.54) is 14.1 Å². The number of benzene rings is 1. The molecule has 0 unspecified atom stereocenters. The zero-order valence-corrected chi connectivity index (χ0v) is 16.0. The highest BCUT2D eigenvalue weighted by atomic mass is 32.1. The van der Waals surface area contributed by atoms with E-state index < -0.39 is 29.5 Å². The quantitative estimate of drug-likeness (QED) is 0.329. The van der Waals surface area contributed by atoms with Crippen molar-refractivity contribution in [2.45, 2.75) is 0 Å². The minimum absolute atomic E-state index is 0.0358. The lowest BCUT2D eigenvalue weighted by Crippen LogP contribution is -2.58. The average Bonchev–Trinajstić information content (AvgIpc) is 2.65. The van der Waals surface area contributed by atoms with Gasteiger partial charge in [-0.05, 0) is 42.6 Å². The largest absolute Gasteiger partial charge is 0.301 e. The fourth-order valence-corrected chi connectivity index (χ4v) is 3.18. The number of rotatable bonds is 2. The number of hydrogen-bond donors (Lipinski definition) is 1. The van der Waals surface area contributed by atoms with Crippen LogP contribution >= 0.6 is 24.4 Å². The van der Waals surface area contributed by atoms with Crippen LogP contribution in [0.5, 0.6) is 0 Å². The Morgan fingerprint density at radius 3 is 2.07 bits per heavy atom. The van der Waals surface area contributed by atoms with Crippen LogP contribution in [0.15, 0.2) is 42.0 Å². The molecule has 1 N–H and O–H groups in total. The molecule has 138 valence electrons. The standard InChI is InChI=1S/C17H14N4O4S2/c1-19-13(23)11(14(24)20(2)17(19)27)8-10-12(22)18-16(26)21(15(10)25)9-6-4-3-5-7-9/h3-8,10H,1-2H3,(H,18,22,26)/t10-/m0/s1. The van der Waals surface area contributed by atoms with Gasteiger partial charge >= 0.3 is 0 Å². The van der Waals surface area contributed by atoms with Gasteiger partial charge in [-0.15, -0.1) is 0 Å². The van der Waals surface area contributed by atoms with E-state index in [1.54, 1.807) is 30.3 Å². The van der Waals surface area contributed by atoms with Crippen LogP contribution in [0, 0.1) is 5.92 Å². The van der Waals surface area contributed by atoms with Crippen molar-refractivity contribution in [2.24, 2.45) is 5.92 Å². The fraction of sp³-hybridized carbons (Fsp3) is 0.176. The number of nitrogens with one attached hydrogen (secondary N) is 1. The first-order valence-electron chi connectivity index (χ1n) is 7.79. The normalized spacial score (nSPS) is 21.0. The summed E-state index contributed by atoms with van der Waals surface area (Å²) >= 11 is 10.1. The van der Waals surface area contributed by atoms with E-state index in [9.17, 15) is 19.2 Å². The van der Waals surface area contributed by atoms with Gasteiger partial charge < -0.3 is 5.32 Å². The minimum Gasteiger partial charge on any atom is -0.301 e. The van der Waals surface area contributed by atoms with E-state index in [4.69, 9.17) is 24.4 Å². The number of nitrogens with zero attached hydrogens (tertiary/aromatic N) is 3. The van der Waals surface area contributed by atoms with Crippen molar-refractivity contribution in [1.82, 2.24) is 15.1 Å². The molecular formula is C17H14N4O4S2. The first kappa shape index (κ1) is 18.8. The molecule has 1 aromatic rings. The maximum atomic E-state index is 12.9. The lowest BCUT2D eigenvalue weighted by atomic mass is 9.98. The first-order chi connectivity index (χ1) is 12.7. The monoisotopic (exact) mass is 402 g/mol. The molecule has 0 aliphatic carbocycles. The van der Waals surface area contributed by atoms with Gasteiger partial charge in [-0.2, -0.15) is 0 Å². The molecular weight excluding hydrogens is 388 g/mol. The molecule has 0 spiro atoms. The Kier molecular flexibility index (Phi) is 4.85. The number of amides is 4. The maximum absolute atomic E-state index is 12.9. The van der Waals surface area contributed by atoms with Gasteiger partial charge in [-0.25, -0.2) is 0 Å². The van der Waals surface area contributed by atoms with Crippen molar-refractivity contribution < 1.29 is 19.2 Å². The number of likely N-dealkylation sites (N-methyl/N-ethyl adjacent to an activating group) is 2. The Morgan fingerprint density at radius 1 is 0.963 bits per heavy atom. The van der Waals surface area contributed by atoms with Crippen LogP contribution in [-0.2, 0) is 19.2 Å². The molecule has 3 rings (SSSR count). The summed E-state index contributed by atoms with van der Waals surface area (Å²) in [7, 11) is 2.82. The molecule has 0 radical (unpaired) electrons. The molecule has 2 aliphatic rings. The Labute approximate surface area is 165 Å². The van der Waals surface area contributed by atoms with E-state index in [0.717, 1.165) is 20.8 Å². The van der Waals surface area contributed by atoms with Crippen molar-refractivity contribution in [3.8, 4) is 0 Å². The highest BCUT2D eigenvalue weighted by Gasteiger charge is 2.42. The molecule has 1 atom stereocenters.